The van der Waals surface area contributed by atoms with Crippen LogP contribution in [0, 0.1) is 6.92 Å². The number of ether oxygens (including phenoxy) is 1. The molecule has 0 aliphatic rings. The number of hydrogen-bond donors (Lipinski definition) is 1. The maximum atomic E-state index is 12.8. The van der Waals surface area contributed by atoms with Crippen molar-refractivity contribution in [3.05, 3.63) is 76.2 Å². The molecule has 3 aromatic rings. The maximum Gasteiger partial charge on any atom is 0.255 e. The fraction of sp³-hybridized carbons (Fsp3) is 0.500. The van der Waals surface area contributed by atoms with Gasteiger partial charge in [-0.25, -0.2) is 0 Å². The highest BCUT2D eigenvalue weighted by atomic mass is 32.1. The number of anilines is 1. The molecular weight excluding hydrogens is 476 g/mol. The van der Waals surface area contributed by atoms with Gasteiger partial charge in [0.05, 0.1) is 12.0 Å². The van der Waals surface area contributed by atoms with E-state index in [0.29, 0.717) is 12.2 Å². The van der Waals surface area contributed by atoms with Gasteiger partial charge in [0, 0.05) is 23.7 Å². The van der Waals surface area contributed by atoms with E-state index < -0.39 is 0 Å². The summed E-state index contributed by atoms with van der Waals surface area (Å²) in [4.78, 5) is 12.8. The van der Waals surface area contributed by atoms with Crippen LogP contribution in [0.5, 0.6) is 5.75 Å². The lowest BCUT2D eigenvalue weighted by Gasteiger charge is -2.09. The van der Waals surface area contributed by atoms with Gasteiger partial charge >= 0.3 is 0 Å². The fourth-order valence-corrected chi connectivity index (χ4v) is 5.16. The summed E-state index contributed by atoms with van der Waals surface area (Å²) >= 11 is 1.74. The zero-order valence-electron chi connectivity index (χ0n) is 22.8. The van der Waals surface area contributed by atoms with Crippen LogP contribution in [0.15, 0.2) is 60.1 Å². The van der Waals surface area contributed by atoms with Gasteiger partial charge in [0.25, 0.3) is 5.91 Å². The predicted molar refractivity (Wildman–Crippen MR) is 156 cm³/mol. The minimum Gasteiger partial charge on any atom is -0.494 e. The molecule has 0 aliphatic heterocycles. The van der Waals surface area contributed by atoms with Crippen LogP contribution in [-0.4, -0.2) is 12.5 Å². The van der Waals surface area contributed by atoms with Gasteiger partial charge in [0.15, 0.2) is 12.7 Å². The molecule has 4 nitrogen and oxygen atoms in total. The number of nitrogens with zero attached hydrogens (tertiary/aromatic N) is 1. The summed E-state index contributed by atoms with van der Waals surface area (Å²) in [6.07, 6.45) is 18.1. The highest BCUT2D eigenvalue weighted by molar-refractivity contribution is 7.09. The van der Waals surface area contributed by atoms with Crippen LogP contribution in [0.4, 0.5) is 5.69 Å². The lowest BCUT2D eigenvalue weighted by Crippen LogP contribution is -2.34. The quantitative estimate of drug-likeness (QED) is 0.134. The van der Waals surface area contributed by atoms with E-state index in [-0.39, 0.29) is 5.91 Å². The van der Waals surface area contributed by atoms with Crippen LogP contribution in [0.25, 0.3) is 0 Å². The van der Waals surface area contributed by atoms with Crippen LogP contribution >= 0.6 is 11.3 Å². The summed E-state index contributed by atoms with van der Waals surface area (Å²) in [5.74, 6) is 0.640. The van der Waals surface area contributed by atoms with E-state index in [1.54, 1.807) is 11.3 Å². The Bertz CT molecular complexity index is 1040. The minimum absolute atomic E-state index is 0.119. The Hall–Kier alpha value is -2.66. The third-order valence-corrected chi connectivity index (χ3v) is 7.64. The first kappa shape index (κ1) is 28.9. The number of thiazole rings is 1. The van der Waals surface area contributed by atoms with Gasteiger partial charge in [0.2, 0.25) is 5.01 Å². The number of amides is 1. The molecule has 2 aromatic carbocycles. The van der Waals surface area contributed by atoms with Crippen molar-refractivity contribution in [1.82, 2.24) is 0 Å². The number of carbonyl (C=O) groups is 1. The fourth-order valence-electron chi connectivity index (χ4n) is 4.49. The zero-order chi connectivity index (χ0) is 26.1. The molecule has 0 saturated heterocycles. The van der Waals surface area contributed by atoms with Gasteiger partial charge in [0.1, 0.15) is 5.75 Å². The highest BCUT2D eigenvalue weighted by Gasteiger charge is 2.10. The molecule has 200 valence electrons. The van der Waals surface area contributed by atoms with E-state index in [4.69, 9.17) is 4.74 Å². The van der Waals surface area contributed by atoms with Crippen LogP contribution in [0.3, 0.4) is 0 Å². The van der Waals surface area contributed by atoms with E-state index in [0.717, 1.165) is 24.4 Å². The summed E-state index contributed by atoms with van der Waals surface area (Å²) in [6, 6.07) is 15.5. The van der Waals surface area contributed by atoms with Crippen molar-refractivity contribution in [1.29, 1.82) is 0 Å². The lowest BCUT2D eigenvalue weighted by atomic mass is 10.1. The van der Waals surface area contributed by atoms with Gasteiger partial charge in [-0.3, -0.25) is 4.79 Å². The first-order valence-corrected chi connectivity index (χ1v) is 15.1. The molecule has 1 amide bonds. The van der Waals surface area contributed by atoms with Gasteiger partial charge in [-0.1, -0.05) is 107 Å². The molecule has 37 heavy (non-hydrogen) atoms. The number of rotatable bonds is 18. The summed E-state index contributed by atoms with van der Waals surface area (Å²) < 4.78 is 8.16. The first-order chi connectivity index (χ1) is 18.2. The lowest BCUT2D eigenvalue weighted by molar-refractivity contribution is -0.689. The second kappa shape index (κ2) is 17.0. The van der Waals surface area contributed by atoms with Gasteiger partial charge in [-0.15, -0.1) is 0 Å². The Balaban J connectivity index is 1.30. The first-order valence-electron chi connectivity index (χ1n) is 14.2. The normalized spacial score (nSPS) is 11.0. The smallest absolute Gasteiger partial charge is 0.255 e. The van der Waals surface area contributed by atoms with E-state index in [2.05, 4.69) is 47.4 Å². The molecule has 5 heteroatoms. The molecule has 0 aliphatic carbocycles. The largest absolute Gasteiger partial charge is 0.494 e. The predicted octanol–water partition coefficient (Wildman–Crippen LogP) is 8.72. The molecular formula is C32H45N2O2S+. The number of unbranched alkanes of at least 4 members (excludes halogenated alkanes) is 11. The third kappa shape index (κ3) is 11.1. The number of aryl methyl sites for hydroxylation is 1. The molecule has 0 spiro atoms. The number of carbonyl (C=O) groups excluding carboxylic acids is 1. The van der Waals surface area contributed by atoms with Gasteiger partial charge < -0.3 is 10.1 Å². The Labute approximate surface area is 228 Å². The van der Waals surface area contributed by atoms with Gasteiger partial charge in [-0.2, -0.15) is 4.57 Å². The van der Waals surface area contributed by atoms with Crippen LogP contribution in [0.2, 0.25) is 0 Å². The van der Waals surface area contributed by atoms with Crippen LogP contribution in [0.1, 0.15) is 105 Å². The van der Waals surface area contributed by atoms with E-state index >= 15 is 0 Å². The summed E-state index contributed by atoms with van der Waals surface area (Å²) in [5.41, 5.74) is 2.61. The van der Waals surface area contributed by atoms with Crippen molar-refractivity contribution in [3.8, 4) is 5.75 Å². The third-order valence-electron chi connectivity index (χ3n) is 6.81. The molecule has 0 unspecified atom stereocenters. The molecule has 1 aromatic heterocycles. The molecule has 3 rings (SSSR count). The number of hydrogen-bond acceptors (Lipinski definition) is 3. The Morgan fingerprint density at radius 2 is 1.51 bits per heavy atom. The molecule has 0 radical (unpaired) electrons. The second-order valence-corrected chi connectivity index (χ2v) is 11.1. The standard InChI is InChI=1S/C32H44N2O2S/c1-3-4-5-6-7-8-9-10-11-12-13-14-23-36-31-17-15-16-29(25-31)32(35)33-30-20-18-28(19-21-30)26-34-22-24-37-27(34)2/h15-22,24-25H,3-14,23,26H2,1-2H3/p+1. The Morgan fingerprint density at radius 1 is 0.865 bits per heavy atom. The van der Waals surface area contributed by atoms with Crippen molar-refractivity contribution in [2.45, 2.75) is 97.4 Å². The molecule has 1 heterocycles. The van der Waals surface area contributed by atoms with Gasteiger partial charge in [-0.05, 0) is 36.8 Å². The number of nitrogens with one attached hydrogen (secondary N) is 1. The average molecular weight is 522 g/mol. The zero-order valence-corrected chi connectivity index (χ0v) is 23.7. The highest BCUT2D eigenvalue weighted by Crippen LogP contribution is 2.17. The van der Waals surface area contributed by atoms with E-state index in [9.17, 15) is 4.79 Å². The summed E-state index contributed by atoms with van der Waals surface area (Å²) in [5, 5.41) is 6.37. The van der Waals surface area contributed by atoms with Crippen molar-refractivity contribution >= 4 is 22.9 Å². The topological polar surface area (TPSA) is 42.2 Å². The average Bonchev–Trinajstić information content (AvgIpc) is 3.32. The monoisotopic (exact) mass is 521 g/mol. The SMILES string of the molecule is CCCCCCCCCCCCCCOc1cccc(C(=O)Nc2ccc(C[n+]3ccsc3C)cc2)c1. The van der Waals surface area contributed by atoms with Crippen molar-refractivity contribution in [3.63, 3.8) is 0 Å². The molecule has 0 atom stereocenters. The molecule has 0 bridgehead atoms. The maximum absolute atomic E-state index is 12.8. The number of benzene rings is 2. The van der Waals surface area contributed by atoms with E-state index in [1.807, 2.05) is 36.4 Å². The number of aromatic nitrogens is 1. The molecule has 1 N–H and O–H groups in total. The van der Waals surface area contributed by atoms with Crippen molar-refractivity contribution < 1.29 is 14.1 Å². The van der Waals surface area contributed by atoms with Crippen molar-refractivity contribution in [2.24, 2.45) is 0 Å². The molecule has 0 saturated carbocycles. The van der Waals surface area contributed by atoms with Crippen molar-refractivity contribution in [2.75, 3.05) is 11.9 Å². The Morgan fingerprint density at radius 3 is 2.14 bits per heavy atom. The second-order valence-electron chi connectivity index (χ2n) is 9.97. The summed E-state index contributed by atoms with van der Waals surface area (Å²) in [7, 11) is 0. The molecule has 0 fully saturated rings. The van der Waals surface area contributed by atoms with Crippen LogP contribution in [-0.2, 0) is 6.54 Å². The van der Waals surface area contributed by atoms with Crippen LogP contribution < -0.4 is 14.6 Å². The van der Waals surface area contributed by atoms with E-state index in [1.165, 1.54) is 81.2 Å². The minimum atomic E-state index is -0.119. The Kier molecular flexibility index (Phi) is 13.3. The summed E-state index contributed by atoms with van der Waals surface area (Å²) in [6.45, 7) is 5.93.